The van der Waals surface area contributed by atoms with Crippen molar-refractivity contribution in [3.05, 3.63) is 46.4 Å². The fraction of sp³-hybridized carbons (Fsp3) is 0.412. The standard InChI is InChI=1S/C17H20BrN/c1-11-5-4-8-12(11)17(19)15-9-10-16(18)14-7-3-2-6-13(14)15/h2-3,6-7,9-12,17H,4-5,8,19H2,1H3. The molecular weight excluding hydrogens is 298 g/mol. The number of hydrogen-bond donors (Lipinski definition) is 1. The molecule has 2 aromatic rings. The predicted molar refractivity (Wildman–Crippen MR) is 85.1 cm³/mol. The molecule has 3 unspecified atom stereocenters. The van der Waals surface area contributed by atoms with E-state index < -0.39 is 0 Å². The number of fused-ring (bicyclic) bond motifs is 1. The first-order valence-electron chi connectivity index (χ1n) is 7.11. The van der Waals surface area contributed by atoms with Crippen LogP contribution >= 0.6 is 15.9 Å². The van der Waals surface area contributed by atoms with Gasteiger partial charge in [0.05, 0.1) is 0 Å². The maximum Gasteiger partial charge on any atom is 0.0332 e. The third-order valence-electron chi connectivity index (χ3n) is 4.65. The number of rotatable bonds is 2. The summed E-state index contributed by atoms with van der Waals surface area (Å²) in [7, 11) is 0. The van der Waals surface area contributed by atoms with Crippen molar-refractivity contribution in [3.63, 3.8) is 0 Å². The Morgan fingerprint density at radius 1 is 1.11 bits per heavy atom. The summed E-state index contributed by atoms with van der Waals surface area (Å²) in [6.07, 6.45) is 3.92. The second kappa shape index (κ2) is 5.26. The topological polar surface area (TPSA) is 26.0 Å². The van der Waals surface area contributed by atoms with Gasteiger partial charge in [-0.3, -0.25) is 0 Å². The van der Waals surface area contributed by atoms with Gasteiger partial charge in [0, 0.05) is 10.5 Å². The Hall–Kier alpha value is -0.860. The maximum atomic E-state index is 6.59. The van der Waals surface area contributed by atoms with E-state index in [2.05, 4.69) is 59.3 Å². The van der Waals surface area contributed by atoms with Gasteiger partial charge in [-0.2, -0.15) is 0 Å². The molecule has 1 fully saturated rings. The van der Waals surface area contributed by atoms with Gasteiger partial charge in [0.25, 0.3) is 0 Å². The molecule has 3 rings (SSSR count). The molecule has 1 aliphatic rings. The van der Waals surface area contributed by atoms with Crippen LogP contribution in [0.1, 0.15) is 37.8 Å². The van der Waals surface area contributed by atoms with Crippen LogP contribution < -0.4 is 5.73 Å². The van der Waals surface area contributed by atoms with Crippen LogP contribution in [0.15, 0.2) is 40.9 Å². The van der Waals surface area contributed by atoms with Crippen molar-refractivity contribution in [2.75, 3.05) is 0 Å². The highest BCUT2D eigenvalue weighted by atomic mass is 79.9. The number of halogens is 1. The van der Waals surface area contributed by atoms with Crippen LogP contribution in [0, 0.1) is 11.8 Å². The maximum absolute atomic E-state index is 6.59. The van der Waals surface area contributed by atoms with Crippen molar-refractivity contribution in [1.29, 1.82) is 0 Å². The fourth-order valence-electron chi connectivity index (χ4n) is 3.51. The zero-order valence-electron chi connectivity index (χ0n) is 11.3. The molecule has 1 saturated carbocycles. The van der Waals surface area contributed by atoms with Crippen molar-refractivity contribution in [2.24, 2.45) is 17.6 Å². The summed E-state index contributed by atoms with van der Waals surface area (Å²) in [5.74, 6) is 1.38. The van der Waals surface area contributed by atoms with E-state index in [0.29, 0.717) is 5.92 Å². The van der Waals surface area contributed by atoms with Crippen LogP contribution in [-0.2, 0) is 0 Å². The molecule has 0 heterocycles. The molecule has 0 aliphatic heterocycles. The van der Waals surface area contributed by atoms with E-state index in [1.54, 1.807) is 0 Å². The molecule has 2 N–H and O–H groups in total. The summed E-state index contributed by atoms with van der Waals surface area (Å²) >= 11 is 3.63. The Labute approximate surface area is 123 Å². The van der Waals surface area contributed by atoms with Gasteiger partial charge < -0.3 is 5.73 Å². The van der Waals surface area contributed by atoms with Crippen LogP contribution in [0.4, 0.5) is 0 Å². The summed E-state index contributed by atoms with van der Waals surface area (Å²) in [4.78, 5) is 0. The number of hydrogen-bond acceptors (Lipinski definition) is 1. The van der Waals surface area contributed by atoms with E-state index in [1.165, 1.54) is 35.6 Å². The molecule has 0 spiro atoms. The van der Waals surface area contributed by atoms with E-state index in [0.717, 1.165) is 10.4 Å². The first kappa shape index (κ1) is 13.1. The molecular formula is C17H20BrN. The lowest BCUT2D eigenvalue weighted by Crippen LogP contribution is -2.23. The monoisotopic (exact) mass is 317 g/mol. The molecule has 3 atom stereocenters. The van der Waals surface area contributed by atoms with Crippen LogP contribution in [0.5, 0.6) is 0 Å². The zero-order chi connectivity index (χ0) is 13.4. The molecule has 0 amide bonds. The number of benzene rings is 2. The summed E-state index contributed by atoms with van der Waals surface area (Å²) < 4.78 is 1.15. The van der Waals surface area contributed by atoms with Crippen molar-refractivity contribution < 1.29 is 0 Å². The third-order valence-corrected chi connectivity index (χ3v) is 5.34. The quantitative estimate of drug-likeness (QED) is 0.825. The Bertz CT molecular complexity index is 593. The van der Waals surface area contributed by atoms with Gasteiger partial charge in [-0.05, 0) is 40.7 Å². The molecule has 1 aliphatic carbocycles. The predicted octanol–water partition coefficient (Wildman–Crippen LogP) is 5.04. The fourth-order valence-corrected chi connectivity index (χ4v) is 3.99. The Kier molecular flexibility index (Phi) is 3.64. The number of nitrogens with two attached hydrogens (primary N) is 1. The van der Waals surface area contributed by atoms with Gasteiger partial charge in [-0.1, -0.05) is 66.0 Å². The van der Waals surface area contributed by atoms with Crippen molar-refractivity contribution in [1.82, 2.24) is 0 Å². The lowest BCUT2D eigenvalue weighted by molar-refractivity contribution is 0.352. The van der Waals surface area contributed by atoms with Crippen LogP contribution in [0.2, 0.25) is 0 Å². The van der Waals surface area contributed by atoms with E-state index in [9.17, 15) is 0 Å². The van der Waals surface area contributed by atoms with E-state index in [1.807, 2.05) is 0 Å². The molecule has 2 heteroatoms. The smallest absolute Gasteiger partial charge is 0.0332 e. The van der Waals surface area contributed by atoms with Crippen LogP contribution in [0.25, 0.3) is 10.8 Å². The van der Waals surface area contributed by atoms with Crippen LogP contribution in [-0.4, -0.2) is 0 Å². The SMILES string of the molecule is CC1CCCC1C(N)c1ccc(Br)c2ccccc12. The summed E-state index contributed by atoms with van der Waals surface area (Å²) in [5, 5.41) is 2.56. The minimum absolute atomic E-state index is 0.162. The normalized spacial score (nSPS) is 24.8. The highest BCUT2D eigenvalue weighted by Crippen LogP contribution is 2.41. The van der Waals surface area contributed by atoms with Gasteiger partial charge in [0.1, 0.15) is 0 Å². The minimum Gasteiger partial charge on any atom is -0.324 e. The molecule has 0 bridgehead atoms. The molecule has 19 heavy (non-hydrogen) atoms. The minimum atomic E-state index is 0.162. The van der Waals surface area contributed by atoms with E-state index in [4.69, 9.17) is 5.73 Å². The van der Waals surface area contributed by atoms with Gasteiger partial charge in [0.15, 0.2) is 0 Å². The lowest BCUT2D eigenvalue weighted by atomic mass is 9.84. The Balaban J connectivity index is 2.07. The first-order valence-corrected chi connectivity index (χ1v) is 7.90. The van der Waals surface area contributed by atoms with Gasteiger partial charge in [0.2, 0.25) is 0 Å². The molecule has 0 radical (unpaired) electrons. The molecule has 2 aromatic carbocycles. The largest absolute Gasteiger partial charge is 0.324 e. The lowest BCUT2D eigenvalue weighted by Gasteiger charge is -2.25. The molecule has 1 nitrogen and oxygen atoms in total. The average molecular weight is 318 g/mol. The van der Waals surface area contributed by atoms with Crippen LogP contribution in [0.3, 0.4) is 0 Å². The van der Waals surface area contributed by atoms with E-state index >= 15 is 0 Å². The van der Waals surface area contributed by atoms with Gasteiger partial charge >= 0.3 is 0 Å². The molecule has 0 saturated heterocycles. The molecule has 0 aromatic heterocycles. The second-order valence-corrected chi connectivity index (χ2v) is 6.63. The second-order valence-electron chi connectivity index (χ2n) is 5.78. The van der Waals surface area contributed by atoms with Crippen molar-refractivity contribution >= 4 is 26.7 Å². The zero-order valence-corrected chi connectivity index (χ0v) is 12.9. The summed E-state index contributed by atoms with van der Waals surface area (Å²) in [5.41, 5.74) is 7.89. The van der Waals surface area contributed by atoms with E-state index in [-0.39, 0.29) is 6.04 Å². The average Bonchev–Trinajstić information content (AvgIpc) is 2.85. The van der Waals surface area contributed by atoms with Gasteiger partial charge in [-0.25, -0.2) is 0 Å². The summed E-state index contributed by atoms with van der Waals surface area (Å²) in [6.45, 7) is 2.35. The van der Waals surface area contributed by atoms with Crippen molar-refractivity contribution in [3.8, 4) is 0 Å². The highest BCUT2D eigenvalue weighted by Gasteiger charge is 2.30. The Morgan fingerprint density at radius 3 is 2.53 bits per heavy atom. The van der Waals surface area contributed by atoms with Gasteiger partial charge in [-0.15, -0.1) is 0 Å². The molecule has 100 valence electrons. The highest BCUT2D eigenvalue weighted by molar-refractivity contribution is 9.10. The Morgan fingerprint density at radius 2 is 1.84 bits per heavy atom. The first-order chi connectivity index (χ1) is 9.18. The third kappa shape index (κ3) is 2.32. The summed E-state index contributed by atoms with van der Waals surface area (Å²) in [6, 6.07) is 13.0. The van der Waals surface area contributed by atoms with Crippen molar-refractivity contribution in [2.45, 2.75) is 32.2 Å².